The highest BCUT2D eigenvalue weighted by Crippen LogP contribution is 2.17. The van der Waals surface area contributed by atoms with Crippen LogP contribution in [0.1, 0.15) is 18.9 Å². The van der Waals surface area contributed by atoms with Crippen molar-refractivity contribution in [3.05, 3.63) is 34.6 Å². The van der Waals surface area contributed by atoms with Crippen LogP contribution < -0.4 is 0 Å². The predicted molar refractivity (Wildman–Crippen MR) is 55.0 cm³/mol. The van der Waals surface area contributed by atoms with Crippen LogP contribution in [0.4, 0.5) is 4.39 Å². The van der Waals surface area contributed by atoms with Crippen molar-refractivity contribution in [2.75, 3.05) is 0 Å². The van der Waals surface area contributed by atoms with E-state index in [-0.39, 0.29) is 10.9 Å². The van der Waals surface area contributed by atoms with Gasteiger partial charge in [0.1, 0.15) is 12.1 Å². The van der Waals surface area contributed by atoms with Crippen molar-refractivity contribution in [3.63, 3.8) is 0 Å². The largest absolute Gasteiger partial charge is 0.303 e. The van der Waals surface area contributed by atoms with Gasteiger partial charge < -0.3 is 4.79 Å². The molecule has 0 aliphatic heterocycles. The Kier molecular flexibility index (Phi) is 4.08. The number of hydrogen-bond donors (Lipinski definition) is 0. The summed E-state index contributed by atoms with van der Waals surface area (Å²) in [7, 11) is 0. The first kappa shape index (κ1) is 11.2. The number of carbonyl (C=O) groups is 1. The summed E-state index contributed by atoms with van der Waals surface area (Å²) in [5, 5.41) is 0.140. The average Bonchev–Trinajstić information content (AvgIpc) is 2.19. The molecule has 1 rings (SSSR count). The first-order valence-electron chi connectivity index (χ1n) is 4.52. The van der Waals surface area contributed by atoms with E-state index in [2.05, 4.69) is 0 Å². The fourth-order valence-electron chi connectivity index (χ4n) is 1.16. The Bertz CT molecular complexity index is 325. The van der Waals surface area contributed by atoms with Crippen molar-refractivity contribution < 1.29 is 9.18 Å². The summed E-state index contributed by atoms with van der Waals surface area (Å²) in [5.74, 6) is -0.363. The first-order valence-corrected chi connectivity index (χ1v) is 4.90. The highest BCUT2D eigenvalue weighted by atomic mass is 35.5. The molecule has 0 saturated carbocycles. The monoisotopic (exact) mass is 214 g/mol. The van der Waals surface area contributed by atoms with Crippen molar-refractivity contribution in [2.45, 2.75) is 19.8 Å². The van der Waals surface area contributed by atoms with Gasteiger partial charge in [0.15, 0.2) is 0 Å². The molecule has 0 aliphatic carbocycles. The maximum Gasteiger partial charge on any atom is 0.141 e. The van der Waals surface area contributed by atoms with Gasteiger partial charge in [0.25, 0.3) is 0 Å². The Balaban J connectivity index is 2.59. The van der Waals surface area contributed by atoms with Crippen LogP contribution in [0.5, 0.6) is 0 Å². The predicted octanol–water partition coefficient (Wildman–Crippen LogP) is 3.25. The van der Waals surface area contributed by atoms with E-state index in [0.29, 0.717) is 0 Å². The third-order valence-corrected chi connectivity index (χ3v) is 2.39. The smallest absolute Gasteiger partial charge is 0.141 e. The first-order chi connectivity index (χ1) is 6.63. The van der Waals surface area contributed by atoms with E-state index in [0.717, 1.165) is 24.7 Å². The molecule has 0 saturated heterocycles. The zero-order valence-electron chi connectivity index (χ0n) is 7.97. The minimum absolute atomic E-state index is 0.0406. The van der Waals surface area contributed by atoms with Crippen LogP contribution >= 0.6 is 11.6 Å². The molecular formula is C11H12ClFO. The molecule has 1 nitrogen and oxygen atoms in total. The summed E-state index contributed by atoms with van der Waals surface area (Å²) < 4.78 is 12.8. The molecule has 1 aromatic carbocycles. The second kappa shape index (κ2) is 5.11. The van der Waals surface area contributed by atoms with Gasteiger partial charge >= 0.3 is 0 Å². The topological polar surface area (TPSA) is 17.1 Å². The highest BCUT2D eigenvalue weighted by Gasteiger charge is 2.03. The van der Waals surface area contributed by atoms with Crippen LogP contribution in [-0.4, -0.2) is 6.29 Å². The Labute approximate surface area is 87.9 Å². The fourth-order valence-corrected chi connectivity index (χ4v) is 1.36. The SMILES string of the molecule is CC(C=O)CCc1ccc(F)c(Cl)c1. The number of halogens is 2. The van der Waals surface area contributed by atoms with E-state index < -0.39 is 5.82 Å². The standard InChI is InChI=1S/C11H12ClFO/c1-8(7-14)2-3-9-4-5-11(13)10(12)6-9/h4-8H,2-3H2,1H3. The normalized spacial score (nSPS) is 12.5. The summed E-state index contributed by atoms with van der Waals surface area (Å²) in [6.07, 6.45) is 2.44. The van der Waals surface area contributed by atoms with Crippen molar-refractivity contribution in [3.8, 4) is 0 Å². The van der Waals surface area contributed by atoms with Crippen molar-refractivity contribution in [1.29, 1.82) is 0 Å². The second-order valence-corrected chi connectivity index (χ2v) is 3.81. The van der Waals surface area contributed by atoms with Gasteiger partial charge in [-0.3, -0.25) is 0 Å². The Morgan fingerprint density at radius 2 is 2.29 bits per heavy atom. The molecule has 0 radical (unpaired) electrons. The minimum atomic E-state index is -0.404. The number of rotatable bonds is 4. The number of carbonyl (C=O) groups excluding carboxylic acids is 1. The van der Waals surface area contributed by atoms with E-state index in [1.54, 1.807) is 12.1 Å². The van der Waals surface area contributed by atoms with Crippen LogP contribution in [0, 0.1) is 11.7 Å². The molecule has 0 aromatic heterocycles. The summed E-state index contributed by atoms with van der Waals surface area (Å²) in [4.78, 5) is 10.4. The van der Waals surface area contributed by atoms with Crippen molar-refractivity contribution in [2.24, 2.45) is 5.92 Å². The fraction of sp³-hybridized carbons (Fsp3) is 0.364. The third kappa shape index (κ3) is 3.11. The lowest BCUT2D eigenvalue weighted by molar-refractivity contribution is -0.110. The van der Waals surface area contributed by atoms with Crippen molar-refractivity contribution >= 4 is 17.9 Å². The molecule has 0 aliphatic rings. The summed E-state index contributed by atoms with van der Waals surface area (Å²) in [5.41, 5.74) is 0.963. The molecule has 1 unspecified atom stereocenters. The van der Waals surface area contributed by atoms with E-state index >= 15 is 0 Å². The van der Waals surface area contributed by atoms with Crippen LogP contribution in [-0.2, 0) is 11.2 Å². The minimum Gasteiger partial charge on any atom is -0.303 e. The highest BCUT2D eigenvalue weighted by molar-refractivity contribution is 6.30. The molecule has 1 atom stereocenters. The quantitative estimate of drug-likeness (QED) is 0.704. The summed E-state index contributed by atoms with van der Waals surface area (Å²) >= 11 is 5.62. The molecule has 1 aromatic rings. The van der Waals surface area contributed by atoms with Crippen LogP contribution in [0.3, 0.4) is 0 Å². The molecule has 76 valence electrons. The molecular weight excluding hydrogens is 203 g/mol. The number of benzene rings is 1. The number of hydrogen-bond acceptors (Lipinski definition) is 1. The molecule has 0 bridgehead atoms. The Hall–Kier alpha value is -0.890. The number of aldehydes is 1. The van der Waals surface area contributed by atoms with Gasteiger partial charge in [-0.05, 0) is 30.5 Å². The van der Waals surface area contributed by atoms with E-state index in [9.17, 15) is 9.18 Å². The van der Waals surface area contributed by atoms with Gasteiger partial charge in [-0.2, -0.15) is 0 Å². The van der Waals surface area contributed by atoms with E-state index in [1.807, 2.05) is 6.92 Å². The van der Waals surface area contributed by atoms with Gasteiger partial charge in [-0.25, -0.2) is 4.39 Å². The maximum absolute atomic E-state index is 12.8. The van der Waals surface area contributed by atoms with Gasteiger partial charge in [0.05, 0.1) is 5.02 Å². The Morgan fingerprint density at radius 3 is 2.86 bits per heavy atom. The van der Waals surface area contributed by atoms with Gasteiger partial charge in [-0.1, -0.05) is 24.6 Å². The molecule has 0 spiro atoms. The molecule has 0 amide bonds. The lowest BCUT2D eigenvalue weighted by Crippen LogP contribution is -1.98. The Morgan fingerprint density at radius 1 is 1.57 bits per heavy atom. The summed E-state index contributed by atoms with van der Waals surface area (Å²) in [6.45, 7) is 1.86. The zero-order valence-corrected chi connectivity index (χ0v) is 8.72. The molecule has 0 N–H and O–H groups in total. The molecule has 0 heterocycles. The van der Waals surface area contributed by atoms with E-state index in [4.69, 9.17) is 11.6 Å². The lowest BCUT2D eigenvalue weighted by Gasteiger charge is -2.04. The third-order valence-electron chi connectivity index (χ3n) is 2.10. The van der Waals surface area contributed by atoms with Crippen LogP contribution in [0.15, 0.2) is 18.2 Å². The van der Waals surface area contributed by atoms with Gasteiger partial charge in [0.2, 0.25) is 0 Å². The molecule has 3 heteroatoms. The second-order valence-electron chi connectivity index (χ2n) is 3.40. The number of aryl methyl sites for hydroxylation is 1. The maximum atomic E-state index is 12.8. The molecule has 14 heavy (non-hydrogen) atoms. The van der Waals surface area contributed by atoms with Crippen molar-refractivity contribution in [1.82, 2.24) is 0 Å². The van der Waals surface area contributed by atoms with Crippen LogP contribution in [0.25, 0.3) is 0 Å². The zero-order chi connectivity index (χ0) is 10.6. The van der Waals surface area contributed by atoms with E-state index in [1.165, 1.54) is 6.07 Å². The molecule has 0 fully saturated rings. The summed E-state index contributed by atoms with van der Waals surface area (Å²) in [6, 6.07) is 4.65. The van der Waals surface area contributed by atoms with Gasteiger partial charge in [0, 0.05) is 5.92 Å². The van der Waals surface area contributed by atoms with Crippen LogP contribution in [0.2, 0.25) is 5.02 Å². The average molecular weight is 215 g/mol. The lowest BCUT2D eigenvalue weighted by atomic mass is 10.0. The van der Waals surface area contributed by atoms with Gasteiger partial charge in [-0.15, -0.1) is 0 Å².